The molecule has 2 N–H and O–H groups in total. The summed E-state index contributed by atoms with van der Waals surface area (Å²) in [6.07, 6.45) is -3.04. The Kier molecular flexibility index (Phi) is 5.50. The van der Waals surface area contributed by atoms with Crippen LogP contribution in [0.5, 0.6) is 0 Å². The molecule has 2 nitrogen and oxygen atoms in total. The zero-order valence-electron chi connectivity index (χ0n) is 11.0. The van der Waals surface area contributed by atoms with Crippen molar-refractivity contribution in [3.05, 3.63) is 28.8 Å². The first-order chi connectivity index (χ1) is 8.74. The summed E-state index contributed by atoms with van der Waals surface area (Å²) in [4.78, 5) is 1.16. The molecular formula is C13H18ClF3N2. The van der Waals surface area contributed by atoms with Crippen LogP contribution in [0.4, 0.5) is 18.9 Å². The zero-order chi connectivity index (χ0) is 14.6. The highest BCUT2D eigenvalue weighted by Gasteiger charge is 2.30. The van der Waals surface area contributed by atoms with Gasteiger partial charge in [0, 0.05) is 23.8 Å². The van der Waals surface area contributed by atoms with Gasteiger partial charge in [0.1, 0.15) is 6.54 Å². The Bertz CT molecular complexity index is 421. The SMILES string of the molecule is CCC(N)Cc1c(Cl)cccc1N(C)CC(F)(F)F. The maximum absolute atomic E-state index is 12.5. The maximum atomic E-state index is 12.5. The lowest BCUT2D eigenvalue weighted by atomic mass is 10.0. The average Bonchev–Trinajstić information content (AvgIpc) is 2.29. The van der Waals surface area contributed by atoms with Gasteiger partial charge in [0.2, 0.25) is 0 Å². The summed E-state index contributed by atoms with van der Waals surface area (Å²) in [5.74, 6) is 0. The van der Waals surface area contributed by atoms with Crippen molar-refractivity contribution >= 4 is 17.3 Å². The summed E-state index contributed by atoms with van der Waals surface area (Å²) in [5, 5.41) is 0.454. The first kappa shape index (κ1) is 16.1. The minimum absolute atomic E-state index is 0.113. The average molecular weight is 295 g/mol. The van der Waals surface area contributed by atoms with Gasteiger partial charge in [-0.2, -0.15) is 13.2 Å². The smallest absolute Gasteiger partial charge is 0.365 e. The highest BCUT2D eigenvalue weighted by Crippen LogP contribution is 2.30. The van der Waals surface area contributed by atoms with Gasteiger partial charge in [0.05, 0.1) is 0 Å². The van der Waals surface area contributed by atoms with Crippen molar-refractivity contribution in [3.63, 3.8) is 0 Å². The quantitative estimate of drug-likeness (QED) is 0.899. The molecule has 108 valence electrons. The number of hydrogen-bond donors (Lipinski definition) is 1. The number of halogens is 4. The molecule has 0 saturated carbocycles. The van der Waals surface area contributed by atoms with Gasteiger partial charge < -0.3 is 10.6 Å². The van der Waals surface area contributed by atoms with Crippen LogP contribution >= 0.6 is 11.6 Å². The molecule has 0 aromatic heterocycles. The van der Waals surface area contributed by atoms with Crippen molar-refractivity contribution in [3.8, 4) is 0 Å². The summed E-state index contributed by atoms with van der Waals surface area (Å²) in [6, 6.07) is 4.84. The van der Waals surface area contributed by atoms with Crippen LogP contribution in [-0.4, -0.2) is 25.8 Å². The molecule has 1 unspecified atom stereocenters. The molecule has 0 fully saturated rings. The molecule has 1 atom stereocenters. The molecule has 1 aromatic rings. The lowest BCUT2D eigenvalue weighted by Gasteiger charge is -2.25. The molecule has 19 heavy (non-hydrogen) atoms. The number of anilines is 1. The van der Waals surface area contributed by atoms with E-state index in [0.29, 0.717) is 22.7 Å². The van der Waals surface area contributed by atoms with Crippen molar-refractivity contribution in [2.75, 3.05) is 18.5 Å². The van der Waals surface area contributed by atoms with E-state index >= 15 is 0 Å². The third-order valence-corrected chi connectivity index (χ3v) is 3.27. The monoisotopic (exact) mass is 294 g/mol. The Labute approximate surface area is 116 Å². The van der Waals surface area contributed by atoms with Gasteiger partial charge in [0.25, 0.3) is 0 Å². The molecule has 0 amide bonds. The van der Waals surface area contributed by atoms with Gasteiger partial charge in [-0.1, -0.05) is 24.6 Å². The Morgan fingerprint density at radius 3 is 2.53 bits per heavy atom. The second-order valence-corrected chi connectivity index (χ2v) is 4.99. The summed E-state index contributed by atoms with van der Waals surface area (Å²) < 4.78 is 37.4. The van der Waals surface area contributed by atoms with Crippen LogP contribution in [0.15, 0.2) is 18.2 Å². The second kappa shape index (κ2) is 6.48. The number of nitrogens with two attached hydrogens (primary N) is 1. The van der Waals surface area contributed by atoms with Gasteiger partial charge in [-0.15, -0.1) is 0 Å². The van der Waals surface area contributed by atoms with Gasteiger partial charge >= 0.3 is 6.18 Å². The molecular weight excluding hydrogens is 277 g/mol. The third kappa shape index (κ3) is 4.91. The fourth-order valence-electron chi connectivity index (χ4n) is 1.87. The van der Waals surface area contributed by atoms with Gasteiger partial charge in [0.15, 0.2) is 0 Å². The Morgan fingerprint density at radius 2 is 2.00 bits per heavy atom. The normalized spacial score (nSPS) is 13.4. The minimum atomic E-state index is -4.25. The largest absolute Gasteiger partial charge is 0.405 e. The van der Waals surface area contributed by atoms with Gasteiger partial charge in [-0.25, -0.2) is 0 Å². The van der Waals surface area contributed by atoms with Crippen molar-refractivity contribution < 1.29 is 13.2 Å². The van der Waals surface area contributed by atoms with Crippen LogP contribution in [-0.2, 0) is 6.42 Å². The van der Waals surface area contributed by atoms with E-state index in [2.05, 4.69) is 0 Å². The molecule has 6 heteroatoms. The lowest BCUT2D eigenvalue weighted by Crippen LogP contribution is -2.32. The van der Waals surface area contributed by atoms with Crippen molar-refractivity contribution in [1.82, 2.24) is 0 Å². The van der Waals surface area contributed by atoms with Gasteiger partial charge in [-0.3, -0.25) is 0 Å². The van der Waals surface area contributed by atoms with Crippen LogP contribution in [0.2, 0.25) is 5.02 Å². The second-order valence-electron chi connectivity index (χ2n) is 4.58. The van der Waals surface area contributed by atoms with Gasteiger partial charge in [-0.05, 0) is 30.5 Å². The minimum Gasteiger partial charge on any atom is -0.365 e. The molecule has 0 aliphatic rings. The van der Waals surface area contributed by atoms with E-state index in [0.717, 1.165) is 11.3 Å². The molecule has 0 spiro atoms. The highest BCUT2D eigenvalue weighted by atomic mass is 35.5. The third-order valence-electron chi connectivity index (χ3n) is 2.91. The van der Waals surface area contributed by atoms with E-state index in [1.165, 1.54) is 7.05 Å². The summed E-state index contributed by atoms with van der Waals surface area (Å²) >= 11 is 6.08. The van der Waals surface area contributed by atoms with Crippen LogP contribution in [0.3, 0.4) is 0 Å². The fourth-order valence-corrected chi connectivity index (χ4v) is 2.11. The molecule has 0 heterocycles. The van der Waals surface area contributed by atoms with Crippen molar-refractivity contribution in [2.24, 2.45) is 5.73 Å². The molecule has 0 saturated heterocycles. The van der Waals surface area contributed by atoms with E-state index in [9.17, 15) is 13.2 Å². The summed E-state index contributed by atoms with van der Waals surface area (Å²) in [5.41, 5.74) is 7.02. The first-order valence-corrected chi connectivity index (χ1v) is 6.43. The number of nitrogens with zero attached hydrogens (tertiary/aromatic N) is 1. The molecule has 0 aliphatic carbocycles. The predicted octanol–water partition coefficient (Wildman–Crippen LogP) is 3.62. The Balaban J connectivity index is 3.02. The molecule has 1 rings (SSSR count). The zero-order valence-corrected chi connectivity index (χ0v) is 11.7. The molecule has 0 bridgehead atoms. The number of rotatable bonds is 5. The predicted molar refractivity (Wildman–Crippen MR) is 72.7 cm³/mol. The van der Waals surface area contributed by atoms with Crippen molar-refractivity contribution in [2.45, 2.75) is 32.0 Å². The highest BCUT2D eigenvalue weighted by molar-refractivity contribution is 6.31. The summed E-state index contributed by atoms with van der Waals surface area (Å²) in [6.45, 7) is 0.919. The van der Waals surface area contributed by atoms with Crippen LogP contribution in [0.25, 0.3) is 0 Å². The Hall–Kier alpha value is -0.940. The van der Waals surface area contributed by atoms with E-state index in [-0.39, 0.29) is 6.04 Å². The van der Waals surface area contributed by atoms with E-state index in [1.54, 1.807) is 18.2 Å². The van der Waals surface area contributed by atoms with Crippen LogP contribution in [0.1, 0.15) is 18.9 Å². The molecule has 1 aromatic carbocycles. The topological polar surface area (TPSA) is 29.3 Å². The van der Waals surface area contributed by atoms with Crippen molar-refractivity contribution in [1.29, 1.82) is 0 Å². The van der Waals surface area contributed by atoms with E-state index in [1.807, 2.05) is 6.92 Å². The molecule has 0 aliphatic heterocycles. The van der Waals surface area contributed by atoms with Crippen LogP contribution in [0, 0.1) is 0 Å². The number of hydrogen-bond acceptors (Lipinski definition) is 2. The molecule has 0 radical (unpaired) electrons. The van der Waals surface area contributed by atoms with Crippen LogP contribution < -0.4 is 10.6 Å². The van der Waals surface area contributed by atoms with E-state index < -0.39 is 12.7 Å². The van der Waals surface area contributed by atoms with E-state index in [4.69, 9.17) is 17.3 Å². The first-order valence-electron chi connectivity index (χ1n) is 6.05. The standard InChI is InChI=1S/C13H18ClF3N2/c1-3-9(18)7-10-11(14)5-4-6-12(10)19(2)8-13(15,16)17/h4-6,9H,3,7-8,18H2,1-2H3. The Morgan fingerprint density at radius 1 is 1.37 bits per heavy atom. The fraction of sp³-hybridized carbons (Fsp3) is 0.538. The summed E-state index contributed by atoms with van der Waals surface area (Å²) in [7, 11) is 1.40. The lowest BCUT2D eigenvalue weighted by molar-refractivity contribution is -0.119. The number of alkyl halides is 3. The maximum Gasteiger partial charge on any atom is 0.405 e. The number of benzene rings is 1.